The number of halogens is 3. The lowest BCUT2D eigenvalue weighted by atomic mass is 9.95. The Kier molecular flexibility index (Phi) is 11.0. The smallest absolute Gasteiger partial charge is 0.338 e. The summed E-state index contributed by atoms with van der Waals surface area (Å²) >= 11 is 13.4. The van der Waals surface area contributed by atoms with Crippen molar-refractivity contribution < 1.29 is 23.7 Å². The van der Waals surface area contributed by atoms with Crippen LogP contribution >= 0.6 is 61.5 Å². The van der Waals surface area contributed by atoms with E-state index in [1.807, 2.05) is 56.3 Å². The van der Waals surface area contributed by atoms with Crippen molar-refractivity contribution in [1.82, 2.24) is 4.57 Å². The fraction of sp³-hybridized carbons (Fsp3) is 0.265. The molecule has 4 aromatic rings. The summed E-state index contributed by atoms with van der Waals surface area (Å²) < 4.78 is 26.9. The van der Waals surface area contributed by atoms with Crippen molar-refractivity contribution >= 4 is 73.5 Å². The van der Waals surface area contributed by atoms with Crippen LogP contribution in [0.5, 0.6) is 17.2 Å². The molecular formula is C34H31BrClIN2O6S. The number of hydrogen-bond donors (Lipinski definition) is 0. The summed E-state index contributed by atoms with van der Waals surface area (Å²) in [5, 5.41) is 0.609. The van der Waals surface area contributed by atoms with E-state index in [2.05, 4.69) is 38.5 Å². The number of esters is 1. The minimum absolute atomic E-state index is 0.0747. The minimum Gasteiger partial charge on any atom is -0.493 e. The quantitative estimate of drug-likeness (QED) is 0.124. The zero-order valence-electron chi connectivity index (χ0n) is 25.7. The summed E-state index contributed by atoms with van der Waals surface area (Å²) in [4.78, 5) is 32.8. The molecule has 0 saturated carbocycles. The summed E-state index contributed by atoms with van der Waals surface area (Å²) in [6, 6.07) is 15.9. The summed E-state index contributed by atoms with van der Waals surface area (Å²) in [7, 11) is 1.55. The van der Waals surface area contributed by atoms with Gasteiger partial charge in [0.2, 0.25) is 0 Å². The molecule has 1 atom stereocenters. The zero-order valence-corrected chi connectivity index (χ0v) is 31.0. The van der Waals surface area contributed by atoms with E-state index in [4.69, 9.17) is 35.5 Å². The monoisotopic (exact) mass is 836 g/mol. The number of carbonyl (C=O) groups is 1. The first kappa shape index (κ1) is 34.2. The number of benzene rings is 3. The van der Waals surface area contributed by atoms with Crippen LogP contribution in [0, 0.1) is 3.57 Å². The highest BCUT2D eigenvalue weighted by molar-refractivity contribution is 14.1. The second-order valence-corrected chi connectivity index (χ2v) is 14.1. The molecule has 12 heteroatoms. The SMILES string of the molecule is CCOC(=O)C1=C(C)N=c2s/c(=C/c3cc(Br)cc(I)c3OCc3ccccc3Cl)c(=O)n2[C@H]1c1ccc(OC(C)C)c(OC)c1. The van der Waals surface area contributed by atoms with Crippen molar-refractivity contribution in [2.45, 2.75) is 46.4 Å². The molecule has 0 bridgehead atoms. The van der Waals surface area contributed by atoms with Gasteiger partial charge in [-0.2, -0.15) is 0 Å². The molecule has 3 aromatic carbocycles. The average molecular weight is 838 g/mol. The molecule has 0 saturated heterocycles. The van der Waals surface area contributed by atoms with Crippen molar-refractivity contribution in [3.63, 3.8) is 0 Å². The maximum atomic E-state index is 14.3. The first-order valence-electron chi connectivity index (χ1n) is 14.4. The molecule has 5 rings (SSSR count). The van der Waals surface area contributed by atoms with Crippen molar-refractivity contribution in [3.8, 4) is 17.2 Å². The number of thiazole rings is 1. The first-order valence-corrected chi connectivity index (χ1v) is 17.5. The Morgan fingerprint density at radius 1 is 1.17 bits per heavy atom. The van der Waals surface area contributed by atoms with Crippen LogP contribution in [-0.2, 0) is 16.1 Å². The Morgan fingerprint density at radius 2 is 1.93 bits per heavy atom. The Hall–Kier alpha value is -3.13. The van der Waals surface area contributed by atoms with E-state index in [9.17, 15) is 9.59 Å². The number of hydrogen-bond acceptors (Lipinski definition) is 8. The van der Waals surface area contributed by atoms with Crippen molar-refractivity contribution in [3.05, 3.63) is 115 Å². The number of allylic oxidation sites excluding steroid dienone is 1. The van der Waals surface area contributed by atoms with E-state index in [0.717, 1.165) is 13.6 Å². The van der Waals surface area contributed by atoms with E-state index in [1.165, 1.54) is 11.3 Å². The summed E-state index contributed by atoms with van der Waals surface area (Å²) in [5.41, 5.74) is 2.64. The molecule has 2 heterocycles. The van der Waals surface area contributed by atoms with Crippen molar-refractivity contribution in [2.24, 2.45) is 4.99 Å². The van der Waals surface area contributed by atoms with Crippen LogP contribution in [0.15, 0.2) is 80.1 Å². The number of carbonyl (C=O) groups excluding carboxylic acids is 1. The highest BCUT2D eigenvalue weighted by Gasteiger charge is 2.34. The van der Waals surface area contributed by atoms with Crippen LogP contribution in [-0.4, -0.2) is 30.4 Å². The third-order valence-corrected chi connectivity index (χ3v) is 9.65. The fourth-order valence-electron chi connectivity index (χ4n) is 5.06. The standard InChI is InChI=1S/C34H31BrClIN2O6S/c1-6-43-33(41)29-19(4)38-34-39(30(29)20-11-12-26(45-18(2)3)27(14-20)42-5)32(40)28(46-34)15-22-13-23(35)16-25(37)31(22)44-17-21-9-7-8-10-24(21)36/h7-16,18,30H,6,17H2,1-5H3/b28-15+/t30-/m0/s1. The van der Waals surface area contributed by atoms with Crippen LogP contribution in [0.4, 0.5) is 0 Å². The molecule has 0 aliphatic carbocycles. The van der Waals surface area contributed by atoms with Gasteiger partial charge in [0.15, 0.2) is 16.3 Å². The Balaban J connectivity index is 1.67. The number of nitrogens with zero attached hydrogens (tertiary/aromatic N) is 2. The van der Waals surface area contributed by atoms with Gasteiger partial charge in [-0.25, -0.2) is 9.79 Å². The van der Waals surface area contributed by atoms with Crippen LogP contribution in [0.2, 0.25) is 5.02 Å². The second-order valence-electron chi connectivity index (χ2n) is 10.6. The molecule has 240 valence electrons. The second kappa shape index (κ2) is 14.7. The van der Waals surface area contributed by atoms with Crippen LogP contribution in [0.25, 0.3) is 6.08 Å². The molecule has 0 radical (unpaired) electrons. The molecule has 0 unspecified atom stereocenters. The molecule has 1 aliphatic rings. The summed E-state index contributed by atoms with van der Waals surface area (Å²) in [5.74, 6) is 1.11. The fourth-order valence-corrected chi connectivity index (χ4v) is 7.99. The van der Waals surface area contributed by atoms with Gasteiger partial charge in [-0.05, 0) is 92.3 Å². The highest BCUT2D eigenvalue weighted by Crippen LogP contribution is 2.37. The predicted molar refractivity (Wildman–Crippen MR) is 192 cm³/mol. The van der Waals surface area contributed by atoms with Gasteiger partial charge in [-0.1, -0.05) is 63.1 Å². The predicted octanol–water partition coefficient (Wildman–Crippen LogP) is 7.19. The van der Waals surface area contributed by atoms with Crippen LogP contribution in [0.3, 0.4) is 0 Å². The van der Waals surface area contributed by atoms with E-state index < -0.39 is 12.0 Å². The topological polar surface area (TPSA) is 88.4 Å². The molecule has 0 N–H and O–H groups in total. The highest BCUT2D eigenvalue weighted by atomic mass is 127. The maximum absolute atomic E-state index is 14.3. The Bertz CT molecular complexity index is 2020. The zero-order chi connectivity index (χ0) is 33.1. The normalized spacial score (nSPS) is 14.6. The van der Waals surface area contributed by atoms with Gasteiger partial charge < -0.3 is 18.9 Å². The lowest BCUT2D eigenvalue weighted by Crippen LogP contribution is -2.40. The van der Waals surface area contributed by atoms with Gasteiger partial charge in [0, 0.05) is 20.6 Å². The lowest BCUT2D eigenvalue weighted by Gasteiger charge is -2.25. The van der Waals surface area contributed by atoms with E-state index in [-0.39, 0.29) is 30.5 Å². The van der Waals surface area contributed by atoms with Gasteiger partial charge >= 0.3 is 5.97 Å². The number of rotatable bonds is 10. The number of fused-ring (bicyclic) bond motifs is 1. The molecule has 46 heavy (non-hydrogen) atoms. The van der Waals surface area contributed by atoms with Gasteiger partial charge in [0.1, 0.15) is 12.4 Å². The van der Waals surface area contributed by atoms with Crippen LogP contribution in [0.1, 0.15) is 50.4 Å². The minimum atomic E-state index is -0.807. The van der Waals surface area contributed by atoms with Gasteiger partial charge in [-0.3, -0.25) is 9.36 Å². The molecule has 8 nitrogen and oxygen atoms in total. The summed E-state index contributed by atoms with van der Waals surface area (Å²) in [6.07, 6.45) is 1.72. The molecule has 1 aliphatic heterocycles. The van der Waals surface area contributed by atoms with Crippen molar-refractivity contribution in [1.29, 1.82) is 0 Å². The van der Waals surface area contributed by atoms with E-state index in [1.54, 1.807) is 43.7 Å². The third kappa shape index (κ3) is 7.22. The molecule has 0 spiro atoms. The molecule has 0 amide bonds. The molecule has 0 fully saturated rings. The Morgan fingerprint density at radius 3 is 2.63 bits per heavy atom. The molecular weight excluding hydrogens is 807 g/mol. The maximum Gasteiger partial charge on any atom is 0.338 e. The van der Waals surface area contributed by atoms with E-state index in [0.29, 0.717) is 48.4 Å². The Labute approximate surface area is 297 Å². The summed E-state index contributed by atoms with van der Waals surface area (Å²) in [6.45, 7) is 7.77. The number of methoxy groups -OCH3 is 1. The first-order chi connectivity index (χ1) is 22.0. The lowest BCUT2D eigenvalue weighted by molar-refractivity contribution is -0.139. The molecule has 1 aromatic heterocycles. The van der Waals surface area contributed by atoms with Crippen LogP contribution < -0.4 is 29.1 Å². The van der Waals surface area contributed by atoms with Gasteiger partial charge in [-0.15, -0.1) is 0 Å². The largest absolute Gasteiger partial charge is 0.493 e. The van der Waals surface area contributed by atoms with E-state index >= 15 is 0 Å². The number of ether oxygens (including phenoxy) is 4. The number of aromatic nitrogens is 1. The van der Waals surface area contributed by atoms with Gasteiger partial charge in [0.25, 0.3) is 5.56 Å². The van der Waals surface area contributed by atoms with Crippen molar-refractivity contribution in [2.75, 3.05) is 13.7 Å². The third-order valence-electron chi connectivity index (χ3n) is 7.04. The average Bonchev–Trinajstić information content (AvgIpc) is 3.30. The van der Waals surface area contributed by atoms with Gasteiger partial charge in [0.05, 0.1) is 45.2 Å².